The molecule has 1 nitrogen and oxygen atoms in total. The maximum absolute atomic E-state index is 3.27. The second kappa shape index (κ2) is 5.49. The molecule has 0 heterocycles. The molecule has 1 unspecified atom stereocenters. The van der Waals surface area contributed by atoms with Crippen LogP contribution in [0.15, 0.2) is 24.3 Å². The summed E-state index contributed by atoms with van der Waals surface area (Å²) in [5.74, 6) is 1.75. The van der Waals surface area contributed by atoms with E-state index in [-0.39, 0.29) is 0 Å². The molecule has 2 rings (SSSR count). The summed E-state index contributed by atoms with van der Waals surface area (Å²) in [4.78, 5) is 0. The molecule has 0 radical (unpaired) electrons. The molecule has 0 amide bonds. The number of rotatable bonds is 6. The lowest BCUT2D eigenvalue weighted by Crippen LogP contribution is -2.13. The Hall–Kier alpha value is -0.820. The molecule has 0 spiro atoms. The monoisotopic (exact) mass is 217 g/mol. The minimum atomic E-state index is 0.790. The van der Waals surface area contributed by atoms with E-state index in [4.69, 9.17) is 0 Å². The molecule has 1 fully saturated rings. The van der Waals surface area contributed by atoms with Gasteiger partial charge in [-0.2, -0.15) is 0 Å². The highest BCUT2D eigenvalue weighted by Gasteiger charge is 2.31. The zero-order chi connectivity index (χ0) is 11.4. The van der Waals surface area contributed by atoms with Crippen molar-refractivity contribution >= 4 is 0 Å². The lowest BCUT2D eigenvalue weighted by Gasteiger charge is -2.17. The van der Waals surface area contributed by atoms with E-state index >= 15 is 0 Å². The zero-order valence-corrected chi connectivity index (χ0v) is 10.5. The van der Waals surface area contributed by atoms with Crippen LogP contribution in [0, 0.1) is 5.92 Å². The Balaban J connectivity index is 2.05. The van der Waals surface area contributed by atoms with Crippen LogP contribution in [-0.4, -0.2) is 13.6 Å². The minimum Gasteiger partial charge on any atom is -0.320 e. The molecule has 1 heteroatoms. The number of hydrogen-bond acceptors (Lipinski definition) is 1. The second-order valence-corrected chi connectivity index (χ2v) is 4.93. The highest BCUT2D eigenvalue weighted by atomic mass is 14.8. The molecule has 1 aromatic carbocycles. The van der Waals surface area contributed by atoms with Gasteiger partial charge in [-0.1, -0.05) is 31.2 Å². The highest BCUT2D eigenvalue weighted by Crippen LogP contribution is 2.44. The summed E-state index contributed by atoms with van der Waals surface area (Å²) in [5.41, 5.74) is 3.00. The van der Waals surface area contributed by atoms with Gasteiger partial charge in [-0.05, 0) is 62.2 Å². The smallest absolute Gasteiger partial charge is 0.00460 e. The molecule has 1 N–H and O–H groups in total. The van der Waals surface area contributed by atoms with Crippen molar-refractivity contribution in [3.05, 3.63) is 35.4 Å². The predicted octanol–water partition coefficient (Wildman–Crippen LogP) is 3.35. The third kappa shape index (κ3) is 2.85. The molecule has 1 atom stereocenters. The molecular weight excluding hydrogens is 194 g/mol. The number of benzene rings is 1. The van der Waals surface area contributed by atoms with Gasteiger partial charge in [0.1, 0.15) is 0 Å². The van der Waals surface area contributed by atoms with E-state index in [1.54, 1.807) is 5.56 Å². The molecule has 0 aliphatic heterocycles. The van der Waals surface area contributed by atoms with Gasteiger partial charge in [0, 0.05) is 0 Å². The van der Waals surface area contributed by atoms with Gasteiger partial charge in [0.25, 0.3) is 0 Å². The highest BCUT2D eigenvalue weighted by molar-refractivity contribution is 5.26. The fraction of sp³-hybridized carbons (Fsp3) is 0.600. The Labute approximate surface area is 99.3 Å². The van der Waals surface area contributed by atoms with E-state index in [1.165, 1.54) is 24.8 Å². The van der Waals surface area contributed by atoms with Gasteiger partial charge in [0.05, 0.1) is 0 Å². The van der Waals surface area contributed by atoms with Gasteiger partial charge in [-0.3, -0.25) is 0 Å². The van der Waals surface area contributed by atoms with E-state index in [1.807, 2.05) is 7.05 Å². The SMILES string of the molecule is CCc1ccc(C(CCNC)C2CC2)cc1. The fourth-order valence-electron chi connectivity index (χ4n) is 2.47. The van der Waals surface area contributed by atoms with Crippen LogP contribution in [0.1, 0.15) is 43.2 Å². The van der Waals surface area contributed by atoms with Gasteiger partial charge in [-0.25, -0.2) is 0 Å². The molecule has 0 aromatic heterocycles. The van der Waals surface area contributed by atoms with Crippen LogP contribution in [0.2, 0.25) is 0 Å². The van der Waals surface area contributed by atoms with E-state index in [0.29, 0.717) is 0 Å². The quantitative estimate of drug-likeness (QED) is 0.770. The Morgan fingerprint density at radius 1 is 1.25 bits per heavy atom. The molecule has 16 heavy (non-hydrogen) atoms. The van der Waals surface area contributed by atoms with Gasteiger partial charge in [-0.15, -0.1) is 0 Å². The Morgan fingerprint density at radius 3 is 2.44 bits per heavy atom. The number of nitrogens with one attached hydrogen (secondary N) is 1. The van der Waals surface area contributed by atoms with Gasteiger partial charge < -0.3 is 5.32 Å². The van der Waals surface area contributed by atoms with Crippen LogP contribution in [0.4, 0.5) is 0 Å². The summed E-state index contributed by atoms with van der Waals surface area (Å²) < 4.78 is 0. The average molecular weight is 217 g/mol. The second-order valence-electron chi connectivity index (χ2n) is 4.93. The molecule has 1 aliphatic carbocycles. The molecule has 0 saturated heterocycles. The van der Waals surface area contributed by atoms with Crippen molar-refractivity contribution in [2.45, 2.75) is 38.5 Å². The fourth-order valence-corrected chi connectivity index (χ4v) is 2.47. The lowest BCUT2D eigenvalue weighted by atomic mass is 9.90. The van der Waals surface area contributed by atoms with Crippen molar-refractivity contribution in [1.29, 1.82) is 0 Å². The zero-order valence-electron chi connectivity index (χ0n) is 10.5. The lowest BCUT2D eigenvalue weighted by molar-refractivity contribution is 0.541. The molecule has 1 aliphatic rings. The third-order valence-electron chi connectivity index (χ3n) is 3.71. The maximum atomic E-state index is 3.27. The van der Waals surface area contributed by atoms with Crippen molar-refractivity contribution in [3.8, 4) is 0 Å². The van der Waals surface area contributed by atoms with Crippen LogP contribution in [0.3, 0.4) is 0 Å². The summed E-state index contributed by atoms with van der Waals surface area (Å²) in [6.45, 7) is 3.35. The molecule has 1 saturated carbocycles. The first-order chi connectivity index (χ1) is 7.85. The van der Waals surface area contributed by atoms with E-state index in [9.17, 15) is 0 Å². The van der Waals surface area contributed by atoms with Gasteiger partial charge >= 0.3 is 0 Å². The summed E-state index contributed by atoms with van der Waals surface area (Å²) in [6.07, 6.45) is 5.30. The Kier molecular flexibility index (Phi) is 4.00. The van der Waals surface area contributed by atoms with Crippen molar-refractivity contribution in [1.82, 2.24) is 5.32 Å². The predicted molar refractivity (Wildman–Crippen MR) is 69.8 cm³/mol. The van der Waals surface area contributed by atoms with Crippen molar-refractivity contribution < 1.29 is 0 Å². The molecule has 88 valence electrons. The van der Waals surface area contributed by atoms with Gasteiger partial charge in [0.2, 0.25) is 0 Å². The Morgan fingerprint density at radius 2 is 1.94 bits per heavy atom. The first-order valence-corrected chi connectivity index (χ1v) is 6.58. The van der Waals surface area contributed by atoms with Crippen LogP contribution in [0.5, 0.6) is 0 Å². The molecular formula is C15H23N. The summed E-state index contributed by atoms with van der Waals surface area (Å²) in [7, 11) is 2.05. The summed E-state index contributed by atoms with van der Waals surface area (Å²) in [5, 5.41) is 3.27. The van der Waals surface area contributed by atoms with Crippen molar-refractivity contribution in [3.63, 3.8) is 0 Å². The first kappa shape index (κ1) is 11.7. The Bertz CT molecular complexity index is 311. The summed E-state index contributed by atoms with van der Waals surface area (Å²) in [6, 6.07) is 9.28. The largest absolute Gasteiger partial charge is 0.320 e. The third-order valence-corrected chi connectivity index (χ3v) is 3.71. The first-order valence-electron chi connectivity index (χ1n) is 6.58. The average Bonchev–Trinajstić information content (AvgIpc) is 3.15. The number of hydrogen-bond donors (Lipinski definition) is 1. The number of aryl methyl sites for hydroxylation is 1. The van der Waals surface area contributed by atoms with E-state index in [0.717, 1.165) is 24.8 Å². The van der Waals surface area contributed by atoms with Crippen molar-refractivity contribution in [2.75, 3.05) is 13.6 Å². The minimum absolute atomic E-state index is 0.790. The van der Waals surface area contributed by atoms with E-state index in [2.05, 4.69) is 36.5 Å². The van der Waals surface area contributed by atoms with Crippen molar-refractivity contribution in [2.24, 2.45) is 5.92 Å². The summed E-state index contributed by atoms with van der Waals surface area (Å²) >= 11 is 0. The van der Waals surface area contributed by atoms with Crippen LogP contribution < -0.4 is 5.32 Å². The topological polar surface area (TPSA) is 12.0 Å². The molecule has 1 aromatic rings. The standard InChI is InChI=1S/C15H23N/c1-3-12-4-6-13(7-5-12)15(10-11-16-2)14-8-9-14/h4-7,14-16H,3,8-11H2,1-2H3. The molecule has 0 bridgehead atoms. The van der Waals surface area contributed by atoms with Crippen LogP contribution >= 0.6 is 0 Å². The van der Waals surface area contributed by atoms with Crippen LogP contribution in [-0.2, 0) is 6.42 Å². The van der Waals surface area contributed by atoms with E-state index < -0.39 is 0 Å². The maximum Gasteiger partial charge on any atom is -0.00460 e. The van der Waals surface area contributed by atoms with Gasteiger partial charge in [0.15, 0.2) is 0 Å². The van der Waals surface area contributed by atoms with Crippen LogP contribution in [0.25, 0.3) is 0 Å². The normalized spacial score (nSPS) is 17.4.